The molecule has 0 saturated carbocycles. The van der Waals surface area contributed by atoms with Crippen LogP contribution in [0.15, 0.2) is 10.7 Å². The molecule has 1 aliphatic heterocycles. The van der Waals surface area contributed by atoms with Gasteiger partial charge in [-0.25, -0.2) is 4.79 Å². The number of ketones is 1. The Bertz CT molecular complexity index is 275. The monoisotopic (exact) mass is 216 g/mol. The summed E-state index contributed by atoms with van der Waals surface area (Å²) in [6, 6.07) is 0. The number of esters is 1. The number of hydrogen-bond donors (Lipinski definition) is 0. The van der Waals surface area contributed by atoms with Gasteiger partial charge in [0.25, 0.3) is 0 Å². The number of thioether (sulfide) groups is 1. The maximum Gasteiger partial charge on any atom is 0.346 e. The molecule has 1 rings (SSSR count). The van der Waals surface area contributed by atoms with E-state index in [1.54, 1.807) is 6.92 Å². The quantitative estimate of drug-likeness (QED) is 0.306. The summed E-state index contributed by atoms with van der Waals surface area (Å²) in [7, 11) is 0. The highest BCUT2D eigenvalue weighted by molar-refractivity contribution is 8.03. The Hall–Kier alpha value is -0.970. The van der Waals surface area contributed by atoms with Gasteiger partial charge in [0.1, 0.15) is 0 Å². The molecule has 5 heteroatoms. The van der Waals surface area contributed by atoms with E-state index in [9.17, 15) is 9.59 Å². The van der Waals surface area contributed by atoms with E-state index < -0.39 is 5.97 Å². The lowest BCUT2D eigenvalue weighted by atomic mass is 10.2. The predicted octanol–water partition coefficient (Wildman–Crippen LogP) is 1.11. The van der Waals surface area contributed by atoms with E-state index in [0.29, 0.717) is 11.7 Å². The lowest BCUT2D eigenvalue weighted by molar-refractivity contribution is -0.140. The Morgan fingerprint density at radius 2 is 2.29 bits per heavy atom. The zero-order chi connectivity index (χ0) is 10.6. The lowest BCUT2D eigenvalue weighted by Crippen LogP contribution is -2.15. The van der Waals surface area contributed by atoms with E-state index in [1.165, 1.54) is 18.7 Å². The Labute approximate surface area is 86.6 Å². The molecule has 4 nitrogen and oxygen atoms in total. The summed E-state index contributed by atoms with van der Waals surface area (Å²) >= 11 is 1.37. The van der Waals surface area contributed by atoms with Crippen LogP contribution >= 0.6 is 11.8 Å². The van der Waals surface area contributed by atoms with Crippen molar-refractivity contribution in [2.45, 2.75) is 13.8 Å². The molecule has 0 amide bonds. The maximum absolute atomic E-state index is 11.4. The van der Waals surface area contributed by atoms with Gasteiger partial charge >= 0.3 is 5.97 Å². The molecule has 0 aliphatic carbocycles. The highest BCUT2D eigenvalue weighted by Crippen LogP contribution is 2.28. The minimum atomic E-state index is -0.593. The second kappa shape index (κ2) is 5.05. The molecule has 0 N–H and O–H groups in total. The van der Waals surface area contributed by atoms with Crippen LogP contribution < -0.4 is 0 Å². The number of carbonyl (C=O) groups is 2. The SMILES string of the molecule is CCOC(=O)/C(C(C)=O)=C1/OCCS1. The van der Waals surface area contributed by atoms with E-state index in [2.05, 4.69) is 0 Å². The van der Waals surface area contributed by atoms with E-state index in [1.807, 2.05) is 0 Å². The van der Waals surface area contributed by atoms with Crippen molar-refractivity contribution in [3.63, 3.8) is 0 Å². The van der Waals surface area contributed by atoms with Crippen LogP contribution in [-0.2, 0) is 19.1 Å². The third-order valence-electron chi connectivity index (χ3n) is 1.59. The molecule has 1 heterocycles. The minimum Gasteiger partial charge on any atom is -0.485 e. The Kier molecular flexibility index (Phi) is 4.00. The molecule has 1 fully saturated rings. The van der Waals surface area contributed by atoms with Crippen LogP contribution in [-0.4, -0.2) is 30.7 Å². The van der Waals surface area contributed by atoms with Crippen LogP contribution in [0, 0.1) is 0 Å². The van der Waals surface area contributed by atoms with Crippen LogP contribution in [0.1, 0.15) is 13.8 Å². The Morgan fingerprint density at radius 3 is 2.71 bits per heavy atom. The number of carbonyl (C=O) groups excluding carboxylic acids is 2. The smallest absolute Gasteiger partial charge is 0.346 e. The van der Waals surface area contributed by atoms with Crippen LogP contribution in [0.25, 0.3) is 0 Å². The fourth-order valence-electron chi connectivity index (χ4n) is 1.03. The van der Waals surface area contributed by atoms with Crippen molar-refractivity contribution in [2.75, 3.05) is 19.0 Å². The molecule has 0 aromatic carbocycles. The second-order valence-corrected chi connectivity index (χ2v) is 3.70. The lowest BCUT2D eigenvalue weighted by Gasteiger charge is -2.05. The summed E-state index contributed by atoms with van der Waals surface area (Å²) in [5, 5.41) is 0.399. The van der Waals surface area contributed by atoms with Crippen molar-refractivity contribution in [1.82, 2.24) is 0 Å². The van der Waals surface area contributed by atoms with E-state index >= 15 is 0 Å². The van der Waals surface area contributed by atoms with Gasteiger partial charge < -0.3 is 9.47 Å². The van der Waals surface area contributed by atoms with Crippen LogP contribution in [0.5, 0.6) is 0 Å². The highest BCUT2D eigenvalue weighted by Gasteiger charge is 2.25. The van der Waals surface area contributed by atoms with Crippen molar-refractivity contribution in [3.05, 3.63) is 10.7 Å². The summed E-state index contributed by atoms with van der Waals surface area (Å²) in [5.41, 5.74) is 0.0364. The van der Waals surface area contributed by atoms with Crippen LogP contribution in [0.4, 0.5) is 0 Å². The molecule has 0 unspecified atom stereocenters. The first-order valence-corrected chi connectivity index (χ1v) is 5.33. The minimum absolute atomic E-state index is 0.0364. The Balaban J connectivity index is 2.88. The number of ether oxygens (including phenoxy) is 2. The van der Waals surface area contributed by atoms with Crippen LogP contribution in [0.3, 0.4) is 0 Å². The van der Waals surface area contributed by atoms with Crippen LogP contribution in [0.2, 0.25) is 0 Å². The average Bonchev–Trinajstić information content (AvgIpc) is 2.57. The van der Waals surface area contributed by atoms with Gasteiger partial charge in [-0.2, -0.15) is 0 Å². The first-order valence-electron chi connectivity index (χ1n) is 4.34. The largest absolute Gasteiger partial charge is 0.485 e. The average molecular weight is 216 g/mol. The molecular formula is C9H12O4S. The van der Waals surface area contributed by atoms with E-state index in [-0.39, 0.29) is 18.0 Å². The van der Waals surface area contributed by atoms with E-state index in [0.717, 1.165) is 5.75 Å². The van der Waals surface area contributed by atoms with Crippen molar-refractivity contribution in [2.24, 2.45) is 0 Å². The topological polar surface area (TPSA) is 52.6 Å². The van der Waals surface area contributed by atoms with Crippen molar-refractivity contribution >= 4 is 23.5 Å². The number of Topliss-reactive ketones (excluding diaryl/α,β-unsaturated/α-hetero) is 1. The van der Waals surface area contributed by atoms with E-state index in [4.69, 9.17) is 9.47 Å². The predicted molar refractivity (Wildman–Crippen MR) is 52.8 cm³/mol. The number of rotatable bonds is 3. The second-order valence-electron chi connectivity index (χ2n) is 2.64. The summed E-state index contributed by atoms with van der Waals surface area (Å²) in [6.07, 6.45) is 0. The molecule has 1 saturated heterocycles. The standard InChI is InChI=1S/C9H12O4S/c1-3-12-8(11)7(6(2)10)9-13-4-5-14-9/h3-5H2,1-2H3/b9-7-. The van der Waals surface area contributed by atoms with Gasteiger partial charge in [-0.15, -0.1) is 0 Å². The molecule has 1 aliphatic rings. The molecule has 0 spiro atoms. The molecule has 0 aromatic rings. The summed E-state index contributed by atoms with van der Waals surface area (Å²) in [6.45, 7) is 3.83. The summed E-state index contributed by atoms with van der Waals surface area (Å²) in [5.74, 6) is -0.136. The van der Waals surface area contributed by atoms with Gasteiger partial charge in [0.2, 0.25) is 0 Å². The van der Waals surface area contributed by atoms with Gasteiger partial charge in [-0.1, -0.05) is 11.8 Å². The third-order valence-corrected chi connectivity index (χ3v) is 2.54. The van der Waals surface area contributed by atoms with Gasteiger partial charge in [0.15, 0.2) is 16.4 Å². The maximum atomic E-state index is 11.4. The van der Waals surface area contributed by atoms with Crippen molar-refractivity contribution < 1.29 is 19.1 Å². The van der Waals surface area contributed by atoms with Gasteiger partial charge in [-0.3, -0.25) is 4.79 Å². The van der Waals surface area contributed by atoms with Gasteiger partial charge in [-0.05, 0) is 13.8 Å². The molecule has 14 heavy (non-hydrogen) atoms. The fourth-order valence-corrected chi connectivity index (χ4v) is 1.92. The Morgan fingerprint density at radius 1 is 1.57 bits per heavy atom. The molecule has 0 atom stereocenters. The van der Waals surface area contributed by atoms with Crippen molar-refractivity contribution in [1.29, 1.82) is 0 Å². The first kappa shape index (κ1) is 11.1. The first-order chi connectivity index (χ1) is 6.66. The number of hydrogen-bond acceptors (Lipinski definition) is 5. The van der Waals surface area contributed by atoms with Crippen molar-refractivity contribution in [3.8, 4) is 0 Å². The highest BCUT2D eigenvalue weighted by atomic mass is 32.2. The molecule has 0 aromatic heterocycles. The zero-order valence-corrected chi connectivity index (χ0v) is 8.98. The zero-order valence-electron chi connectivity index (χ0n) is 8.16. The summed E-state index contributed by atoms with van der Waals surface area (Å²) in [4.78, 5) is 22.6. The third kappa shape index (κ3) is 2.51. The molecule has 0 bridgehead atoms. The fraction of sp³-hybridized carbons (Fsp3) is 0.556. The van der Waals surface area contributed by atoms with Gasteiger partial charge in [0, 0.05) is 5.75 Å². The molecule has 78 valence electrons. The normalized spacial score (nSPS) is 18.7. The summed E-state index contributed by atoms with van der Waals surface area (Å²) < 4.78 is 9.93. The molecular weight excluding hydrogens is 204 g/mol. The molecule has 0 radical (unpaired) electrons. The van der Waals surface area contributed by atoms with Gasteiger partial charge in [0.05, 0.1) is 13.2 Å².